The molecule has 2 aliphatic rings. The van der Waals surface area contributed by atoms with E-state index in [9.17, 15) is 4.39 Å². The number of pyridine rings is 1. The Balaban J connectivity index is 1.75. The van der Waals surface area contributed by atoms with Crippen molar-refractivity contribution in [1.29, 1.82) is 0 Å². The maximum atomic E-state index is 14.9. The van der Waals surface area contributed by atoms with Crippen LogP contribution < -0.4 is 10.5 Å². The van der Waals surface area contributed by atoms with E-state index in [1.807, 2.05) is 12.1 Å². The van der Waals surface area contributed by atoms with Gasteiger partial charge in [0.15, 0.2) is 5.82 Å². The second-order valence-electron chi connectivity index (χ2n) is 6.74. The molecule has 1 aromatic carbocycles. The van der Waals surface area contributed by atoms with Crippen molar-refractivity contribution in [2.24, 2.45) is 10.7 Å². The molecule has 3 aromatic rings. The molecule has 1 aliphatic heterocycles. The topological polar surface area (TPSA) is 76.3 Å². The third-order valence-corrected chi connectivity index (χ3v) is 5.58. The number of nitrogens with zero attached hydrogens (tertiary/aromatic N) is 2. The highest BCUT2D eigenvalue weighted by atomic mass is 19.1. The molecule has 0 atom stereocenters. The molecule has 0 bridgehead atoms. The lowest BCUT2D eigenvalue weighted by molar-refractivity contribution is 0.342. The van der Waals surface area contributed by atoms with Crippen molar-refractivity contribution in [3.8, 4) is 17.0 Å². The number of aromatic nitrogens is 2. The Bertz CT molecular complexity index is 1050. The number of fused-ring (bicyclic) bond motifs is 3. The van der Waals surface area contributed by atoms with E-state index >= 15 is 0 Å². The number of rotatable bonds is 2. The van der Waals surface area contributed by atoms with Crippen LogP contribution in [-0.2, 0) is 5.41 Å². The summed E-state index contributed by atoms with van der Waals surface area (Å²) in [5, 5.41) is 0.506. The van der Waals surface area contributed by atoms with Gasteiger partial charge in [0.05, 0.1) is 35.6 Å². The van der Waals surface area contributed by atoms with Crippen molar-refractivity contribution in [2.75, 3.05) is 7.11 Å². The predicted molar refractivity (Wildman–Crippen MR) is 94.9 cm³/mol. The summed E-state index contributed by atoms with van der Waals surface area (Å²) >= 11 is 0. The number of methoxy groups -OCH3 is 1. The zero-order valence-corrected chi connectivity index (χ0v) is 13.8. The van der Waals surface area contributed by atoms with Gasteiger partial charge in [-0.2, -0.15) is 0 Å². The number of hydrogen-bond acceptors (Lipinski definition) is 4. The van der Waals surface area contributed by atoms with Gasteiger partial charge in [-0.1, -0.05) is 6.42 Å². The lowest BCUT2D eigenvalue weighted by Crippen LogP contribution is -2.44. The summed E-state index contributed by atoms with van der Waals surface area (Å²) in [4.78, 5) is 11.7. The van der Waals surface area contributed by atoms with Gasteiger partial charge >= 0.3 is 0 Å². The van der Waals surface area contributed by atoms with E-state index < -0.39 is 0 Å². The monoisotopic (exact) mass is 336 g/mol. The number of H-pyrrole nitrogens is 1. The van der Waals surface area contributed by atoms with Crippen molar-refractivity contribution in [3.05, 3.63) is 42.0 Å². The van der Waals surface area contributed by atoms with Crippen LogP contribution in [0.1, 0.15) is 24.8 Å². The van der Waals surface area contributed by atoms with Crippen molar-refractivity contribution in [1.82, 2.24) is 9.97 Å². The van der Waals surface area contributed by atoms with Gasteiger partial charge in [0.1, 0.15) is 11.6 Å². The number of halogens is 1. The summed E-state index contributed by atoms with van der Waals surface area (Å²) in [6.45, 7) is 0. The summed E-state index contributed by atoms with van der Waals surface area (Å²) in [7, 11) is 1.60. The van der Waals surface area contributed by atoms with E-state index in [4.69, 9.17) is 10.5 Å². The maximum absolute atomic E-state index is 14.9. The normalized spacial score (nSPS) is 17.4. The van der Waals surface area contributed by atoms with Crippen molar-refractivity contribution >= 4 is 22.4 Å². The standard InChI is InChI=1S/C19H17FN4O/c1-25-15-8-12-13(24-18(21)19(12)4-2-5-19)7-11(15)17-16(20)10-3-6-22-9-14(10)23-17/h3,6-9,23H,2,4-5H2,1H3,(H2,21,24). The van der Waals surface area contributed by atoms with Gasteiger partial charge in [-0.15, -0.1) is 0 Å². The van der Waals surface area contributed by atoms with E-state index in [0.717, 1.165) is 30.5 Å². The Morgan fingerprint density at radius 3 is 2.84 bits per heavy atom. The third-order valence-electron chi connectivity index (χ3n) is 5.58. The van der Waals surface area contributed by atoms with E-state index in [-0.39, 0.29) is 11.2 Å². The molecule has 5 nitrogen and oxygen atoms in total. The first kappa shape index (κ1) is 14.5. The van der Waals surface area contributed by atoms with Gasteiger partial charge in [0, 0.05) is 17.1 Å². The molecule has 6 heteroatoms. The lowest BCUT2D eigenvalue weighted by Gasteiger charge is -2.39. The Hall–Kier alpha value is -2.89. The molecule has 5 rings (SSSR count). The quantitative estimate of drug-likeness (QED) is 0.747. The molecule has 1 fully saturated rings. The summed E-state index contributed by atoms with van der Waals surface area (Å²) in [5.41, 5.74) is 9.64. The number of ether oxygens (including phenoxy) is 1. The van der Waals surface area contributed by atoms with Gasteiger partial charge in [-0.25, -0.2) is 9.38 Å². The second-order valence-corrected chi connectivity index (χ2v) is 6.74. The van der Waals surface area contributed by atoms with E-state index in [1.54, 1.807) is 25.6 Å². The van der Waals surface area contributed by atoms with Crippen molar-refractivity contribution in [3.63, 3.8) is 0 Å². The first-order chi connectivity index (χ1) is 12.1. The molecule has 0 radical (unpaired) electrons. The Morgan fingerprint density at radius 2 is 2.16 bits per heavy atom. The van der Waals surface area contributed by atoms with Gasteiger partial charge in [0.2, 0.25) is 0 Å². The molecule has 0 amide bonds. The van der Waals surface area contributed by atoms with Crippen molar-refractivity contribution in [2.45, 2.75) is 24.7 Å². The molecule has 0 unspecified atom stereocenters. The minimum absolute atomic E-state index is 0.149. The number of hydrogen-bond donors (Lipinski definition) is 2. The Labute approximate surface area is 143 Å². The van der Waals surface area contributed by atoms with Gasteiger partial charge < -0.3 is 15.5 Å². The van der Waals surface area contributed by atoms with Crippen LogP contribution in [0.4, 0.5) is 10.1 Å². The van der Waals surface area contributed by atoms with Gasteiger partial charge in [-0.3, -0.25) is 4.98 Å². The summed E-state index contributed by atoms with van der Waals surface area (Å²) < 4.78 is 20.5. The molecule has 126 valence electrons. The highest BCUT2D eigenvalue weighted by molar-refractivity contribution is 6.01. The van der Waals surface area contributed by atoms with Gasteiger partial charge in [-0.05, 0) is 36.6 Å². The van der Waals surface area contributed by atoms with E-state index in [2.05, 4.69) is 15.0 Å². The molecule has 2 aromatic heterocycles. The zero-order valence-electron chi connectivity index (χ0n) is 13.8. The molecular weight excluding hydrogens is 319 g/mol. The molecule has 1 saturated carbocycles. The van der Waals surface area contributed by atoms with Crippen molar-refractivity contribution < 1.29 is 9.13 Å². The average Bonchev–Trinajstić information content (AvgIpc) is 3.07. The molecule has 1 aliphatic carbocycles. The fourth-order valence-corrected chi connectivity index (χ4v) is 4.03. The van der Waals surface area contributed by atoms with Crippen LogP contribution in [0.25, 0.3) is 22.2 Å². The molecule has 3 heterocycles. The van der Waals surface area contributed by atoms with Crippen LogP contribution in [0.2, 0.25) is 0 Å². The summed E-state index contributed by atoms with van der Waals surface area (Å²) in [5.74, 6) is 0.964. The van der Waals surface area contributed by atoms with Crippen LogP contribution in [-0.4, -0.2) is 22.9 Å². The van der Waals surface area contributed by atoms with Crippen LogP contribution in [0.3, 0.4) is 0 Å². The predicted octanol–water partition coefficient (Wildman–Crippen LogP) is 3.80. The number of aliphatic imine (C=N–C) groups is 1. The molecule has 25 heavy (non-hydrogen) atoms. The largest absolute Gasteiger partial charge is 0.496 e. The number of aromatic amines is 1. The minimum atomic E-state index is -0.316. The highest BCUT2D eigenvalue weighted by Crippen LogP contribution is 2.54. The fraction of sp³-hybridized carbons (Fsp3) is 0.263. The number of nitrogens with two attached hydrogens (primary N) is 1. The molecular formula is C19H17FN4O. The molecule has 3 N–H and O–H groups in total. The van der Waals surface area contributed by atoms with Crippen LogP contribution in [0.5, 0.6) is 5.75 Å². The Morgan fingerprint density at radius 1 is 1.32 bits per heavy atom. The van der Waals surface area contributed by atoms with E-state index in [0.29, 0.717) is 33.7 Å². The second kappa shape index (κ2) is 4.81. The van der Waals surface area contributed by atoms with Gasteiger partial charge in [0.25, 0.3) is 0 Å². The third kappa shape index (κ3) is 1.76. The minimum Gasteiger partial charge on any atom is -0.496 e. The fourth-order valence-electron chi connectivity index (χ4n) is 4.03. The molecule has 1 spiro atoms. The van der Waals surface area contributed by atoms with Crippen LogP contribution in [0, 0.1) is 5.82 Å². The SMILES string of the molecule is COc1cc2c(cc1-c1[nH]c3cnccc3c1F)N=C(N)C21CCC1. The Kier molecular flexibility index (Phi) is 2.78. The average molecular weight is 336 g/mol. The van der Waals surface area contributed by atoms with Crippen LogP contribution in [0.15, 0.2) is 35.6 Å². The first-order valence-electron chi connectivity index (χ1n) is 8.33. The number of nitrogens with one attached hydrogen (secondary N) is 1. The van der Waals surface area contributed by atoms with Crippen LogP contribution >= 0.6 is 0 Å². The lowest BCUT2D eigenvalue weighted by atomic mass is 9.64. The van der Waals surface area contributed by atoms with E-state index in [1.165, 1.54) is 0 Å². The molecule has 0 saturated heterocycles. The summed E-state index contributed by atoms with van der Waals surface area (Å²) in [6.07, 6.45) is 6.34. The smallest absolute Gasteiger partial charge is 0.156 e. The highest BCUT2D eigenvalue weighted by Gasteiger charge is 2.47. The zero-order chi connectivity index (χ0) is 17.2. The maximum Gasteiger partial charge on any atom is 0.156 e. The first-order valence-corrected chi connectivity index (χ1v) is 8.33. The number of benzene rings is 1. The summed E-state index contributed by atoms with van der Waals surface area (Å²) in [6, 6.07) is 5.50. The number of amidine groups is 1.